The van der Waals surface area contributed by atoms with Crippen molar-refractivity contribution in [1.29, 1.82) is 0 Å². The molecule has 0 saturated heterocycles. The number of rotatable bonds is 5. The Labute approximate surface area is 211 Å². The Kier molecular flexibility index (Phi) is 5.92. The van der Waals surface area contributed by atoms with E-state index in [4.69, 9.17) is 4.74 Å². The van der Waals surface area contributed by atoms with Crippen molar-refractivity contribution in [3.05, 3.63) is 74.4 Å². The number of nitrogens with one attached hydrogen (secondary N) is 1. The number of hydrogen-bond donors (Lipinski definition) is 2. The highest BCUT2D eigenvalue weighted by Crippen LogP contribution is 2.44. The Balaban J connectivity index is 1.58. The Morgan fingerprint density at radius 1 is 1.16 bits per heavy atom. The number of ether oxygens (including phenoxy) is 1. The maximum Gasteiger partial charge on any atom is 0.407 e. The molecular weight excluding hydrogens is 484 g/mol. The van der Waals surface area contributed by atoms with Gasteiger partial charge in [-0.05, 0) is 56.4 Å². The number of anilines is 1. The molecule has 2 heterocycles. The van der Waals surface area contributed by atoms with E-state index >= 15 is 4.39 Å². The predicted molar refractivity (Wildman–Crippen MR) is 133 cm³/mol. The first-order valence-corrected chi connectivity index (χ1v) is 12.1. The van der Waals surface area contributed by atoms with Crippen LogP contribution in [0.1, 0.15) is 66.7 Å². The molecule has 2 N–H and O–H groups in total. The maximum atomic E-state index is 15.1. The molecule has 1 saturated carbocycles. The van der Waals surface area contributed by atoms with E-state index in [0.717, 1.165) is 22.8 Å². The molecular formula is C27H27F2N3O5. The monoisotopic (exact) mass is 511 g/mol. The van der Waals surface area contributed by atoms with Crippen molar-refractivity contribution in [1.82, 2.24) is 9.88 Å². The molecule has 0 bridgehead atoms. The van der Waals surface area contributed by atoms with Gasteiger partial charge in [0.2, 0.25) is 5.43 Å². The van der Waals surface area contributed by atoms with Gasteiger partial charge in [0.15, 0.2) is 5.82 Å². The van der Waals surface area contributed by atoms with Crippen LogP contribution in [0, 0.1) is 11.6 Å². The Bertz CT molecular complexity index is 1500. The SMILES string of the molecule is CC(C)(C)OC(=O)NCc1cccc2c1CN(c1c(C(=O)O)c(=O)c3cc(F)cc(F)c3n1C1CC1)C2. The largest absolute Gasteiger partial charge is 0.477 e. The van der Waals surface area contributed by atoms with Crippen molar-refractivity contribution in [3.63, 3.8) is 0 Å². The first-order valence-electron chi connectivity index (χ1n) is 12.1. The van der Waals surface area contributed by atoms with Crippen molar-refractivity contribution in [2.24, 2.45) is 0 Å². The molecule has 5 rings (SSSR count). The van der Waals surface area contributed by atoms with Gasteiger partial charge in [-0.25, -0.2) is 18.4 Å². The summed E-state index contributed by atoms with van der Waals surface area (Å²) in [6.45, 7) is 6.04. The van der Waals surface area contributed by atoms with Crippen molar-refractivity contribution < 1.29 is 28.2 Å². The highest BCUT2D eigenvalue weighted by atomic mass is 19.1. The third-order valence-electron chi connectivity index (χ3n) is 6.52. The lowest BCUT2D eigenvalue weighted by Crippen LogP contribution is -2.32. The molecule has 2 aromatic carbocycles. The van der Waals surface area contributed by atoms with Crippen molar-refractivity contribution in [3.8, 4) is 0 Å². The van der Waals surface area contributed by atoms with Crippen LogP contribution in [-0.2, 0) is 24.4 Å². The molecule has 0 atom stereocenters. The fourth-order valence-electron chi connectivity index (χ4n) is 4.93. The zero-order valence-electron chi connectivity index (χ0n) is 20.7. The number of carbonyl (C=O) groups excluding carboxylic acids is 1. The van der Waals surface area contributed by atoms with Gasteiger partial charge in [-0.3, -0.25) is 4.79 Å². The van der Waals surface area contributed by atoms with Gasteiger partial charge in [0.05, 0.1) is 10.9 Å². The molecule has 0 spiro atoms. The minimum atomic E-state index is -1.45. The number of carboxylic acids is 1. The van der Waals surface area contributed by atoms with Gasteiger partial charge < -0.3 is 24.6 Å². The summed E-state index contributed by atoms with van der Waals surface area (Å²) in [6, 6.07) is 6.99. The molecule has 37 heavy (non-hydrogen) atoms. The van der Waals surface area contributed by atoms with E-state index in [0.29, 0.717) is 18.9 Å². The number of aromatic carboxylic acids is 1. The molecule has 1 aromatic heterocycles. The van der Waals surface area contributed by atoms with E-state index in [1.165, 1.54) is 0 Å². The molecule has 0 unspecified atom stereocenters. The summed E-state index contributed by atoms with van der Waals surface area (Å²) < 4.78 is 36.0. The van der Waals surface area contributed by atoms with E-state index in [2.05, 4.69) is 5.32 Å². The number of carboxylic acid groups (broad SMARTS) is 1. The van der Waals surface area contributed by atoms with Crippen molar-refractivity contribution in [2.75, 3.05) is 4.90 Å². The third-order valence-corrected chi connectivity index (χ3v) is 6.52. The number of halogens is 2. The molecule has 1 aliphatic carbocycles. The second-order valence-electron chi connectivity index (χ2n) is 10.5. The maximum absolute atomic E-state index is 15.1. The minimum Gasteiger partial charge on any atom is -0.477 e. The summed E-state index contributed by atoms with van der Waals surface area (Å²) in [4.78, 5) is 39.5. The van der Waals surface area contributed by atoms with Gasteiger partial charge in [0.25, 0.3) is 0 Å². The summed E-state index contributed by atoms with van der Waals surface area (Å²) >= 11 is 0. The lowest BCUT2D eigenvalue weighted by molar-refractivity contribution is 0.0522. The van der Waals surface area contributed by atoms with E-state index in [-0.39, 0.29) is 42.4 Å². The lowest BCUT2D eigenvalue weighted by atomic mass is 10.0. The molecule has 2 aliphatic rings. The van der Waals surface area contributed by atoms with E-state index < -0.39 is 40.3 Å². The van der Waals surface area contributed by atoms with Crippen LogP contribution in [0.3, 0.4) is 0 Å². The minimum absolute atomic E-state index is 0.0864. The van der Waals surface area contributed by atoms with Gasteiger partial charge >= 0.3 is 12.1 Å². The van der Waals surface area contributed by atoms with Gasteiger partial charge in [0, 0.05) is 31.7 Å². The highest BCUT2D eigenvalue weighted by molar-refractivity contribution is 5.99. The molecule has 0 radical (unpaired) electrons. The number of benzene rings is 2. The van der Waals surface area contributed by atoms with Crippen LogP contribution < -0.4 is 15.6 Å². The fourth-order valence-corrected chi connectivity index (χ4v) is 4.93. The summed E-state index contributed by atoms with van der Waals surface area (Å²) in [7, 11) is 0. The zero-order chi connectivity index (χ0) is 26.6. The van der Waals surface area contributed by atoms with Crippen molar-refractivity contribution in [2.45, 2.75) is 64.9 Å². The molecule has 194 valence electrons. The predicted octanol–water partition coefficient (Wildman–Crippen LogP) is 4.86. The average molecular weight is 512 g/mol. The summed E-state index contributed by atoms with van der Waals surface area (Å²) in [5, 5.41) is 12.5. The first kappa shape index (κ1) is 24.7. The fraction of sp³-hybridized carbons (Fsp3) is 0.370. The van der Waals surface area contributed by atoms with Gasteiger partial charge in [0.1, 0.15) is 22.8 Å². The topological polar surface area (TPSA) is 101 Å². The van der Waals surface area contributed by atoms with Crippen LogP contribution in [0.15, 0.2) is 35.1 Å². The van der Waals surface area contributed by atoms with Gasteiger partial charge in [-0.1, -0.05) is 18.2 Å². The second-order valence-corrected chi connectivity index (χ2v) is 10.5. The lowest BCUT2D eigenvalue weighted by Gasteiger charge is -2.27. The number of nitrogens with zero attached hydrogens (tertiary/aromatic N) is 2. The smallest absolute Gasteiger partial charge is 0.407 e. The Morgan fingerprint density at radius 2 is 1.89 bits per heavy atom. The summed E-state index contributed by atoms with van der Waals surface area (Å²) in [5.74, 6) is -3.19. The van der Waals surface area contributed by atoms with E-state index in [9.17, 15) is 23.9 Å². The van der Waals surface area contributed by atoms with E-state index in [1.54, 1.807) is 30.2 Å². The molecule has 3 aromatic rings. The second kappa shape index (κ2) is 8.86. The van der Waals surface area contributed by atoms with Gasteiger partial charge in [-0.15, -0.1) is 0 Å². The van der Waals surface area contributed by atoms with Crippen molar-refractivity contribution >= 4 is 28.8 Å². The van der Waals surface area contributed by atoms with Crippen LogP contribution in [0.5, 0.6) is 0 Å². The molecule has 1 amide bonds. The van der Waals surface area contributed by atoms with Crippen LogP contribution in [0.25, 0.3) is 10.9 Å². The van der Waals surface area contributed by atoms with Crippen LogP contribution in [-0.4, -0.2) is 27.3 Å². The number of carbonyl (C=O) groups is 2. The number of hydrogen-bond acceptors (Lipinski definition) is 5. The number of aromatic nitrogens is 1. The normalized spacial score (nSPS) is 15.1. The van der Waals surface area contributed by atoms with Crippen LogP contribution in [0.2, 0.25) is 0 Å². The molecule has 1 fully saturated rings. The summed E-state index contributed by atoms with van der Waals surface area (Å²) in [6.07, 6.45) is 0.812. The zero-order valence-corrected chi connectivity index (χ0v) is 20.7. The average Bonchev–Trinajstić information content (AvgIpc) is 3.53. The van der Waals surface area contributed by atoms with Gasteiger partial charge in [-0.2, -0.15) is 0 Å². The number of amides is 1. The van der Waals surface area contributed by atoms with Crippen LogP contribution in [0.4, 0.5) is 19.4 Å². The first-order chi connectivity index (χ1) is 17.4. The molecule has 8 nitrogen and oxygen atoms in total. The third kappa shape index (κ3) is 4.63. The Morgan fingerprint density at radius 3 is 2.54 bits per heavy atom. The number of pyridine rings is 1. The number of fused-ring (bicyclic) bond motifs is 2. The number of alkyl carbamates (subject to hydrolysis) is 1. The molecule has 1 aliphatic heterocycles. The van der Waals surface area contributed by atoms with Crippen LogP contribution >= 0.6 is 0 Å². The quantitative estimate of drug-likeness (QED) is 0.508. The standard InChI is InChI=1S/C27H27F2N3O5/c1-27(2,3)37-26(36)30-11-14-5-4-6-15-12-31(13-19(14)15)24-21(25(34)35)23(33)18-9-16(28)10-20(29)22(18)32(24)17-7-8-17/h4-6,9-10,17H,7-8,11-13H2,1-3H3,(H,30,36)(H,34,35). The highest BCUT2D eigenvalue weighted by Gasteiger charge is 2.36. The Hall–Kier alpha value is -3.95. The molecule has 10 heteroatoms. The summed E-state index contributed by atoms with van der Waals surface area (Å²) in [5.41, 5.74) is 0.432. The van der Waals surface area contributed by atoms with E-state index in [1.807, 2.05) is 18.2 Å².